The van der Waals surface area contributed by atoms with Gasteiger partial charge in [0.2, 0.25) is 5.91 Å². The second-order valence-electron chi connectivity index (χ2n) is 6.65. The molecule has 2 aromatic carbocycles. The summed E-state index contributed by atoms with van der Waals surface area (Å²) in [6.45, 7) is 6.56. The Bertz CT molecular complexity index is 773. The van der Waals surface area contributed by atoms with Crippen LogP contribution < -0.4 is 5.32 Å². The first-order valence-electron chi connectivity index (χ1n) is 8.75. The Hall–Kier alpha value is -2.31. The van der Waals surface area contributed by atoms with Crippen LogP contribution in [-0.4, -0.2) is 48.4 Å². The number of nitrogens with one attached hydrogen (secondary N) is 1. The van der Waals surface area contributed by atoms with Gasteiger partial charge in [0.05, 0.1) is 12.2 Å². The van der Waals surface area contributed by atoms with Crippen molar-refractivity contribution in [3.8, 4) is 0 Å². The van der Waals surface area contributed by atoms with E-state index in [0.29, 0.717) is 0 Å². The van der Waals surface area contributed by atoms with Crippen molar-refractivity contribution in [2.75, 3.05) is 38.0 Å². The van der Waals surface area contributed by atoms with Gasteiger partial charge in [-0.15, -0.1) is 0 Å². The summed E-state index contributed by atoms with van der Waals surface area (Å²) in [5.41, 5.74) is 2.62. The molecule has 1 fully saturated rings. The molecular formula is C20H23F2N3O. The highest BCUT2D eigenvalue weighted by Gasteiger charge is 2.20. The molecule has 4 nitrogen and oxygen atoms in total. The molecular weight excluding hydrogens is 336 g/mol. The molecule has 1 heterocycles. The zero-order valence-corrected chi connectivity index (χ0v) is 14.8. The predicted molar refractivity (Wildman–Crippen MR) is 97.9 cm³/mol. The summed E-state index contributed by atoms with van der Waals surface area (Å²) < 4.78 is 26.5. The normalized spacial score (nSPS) is 15.8. The standard InChI is InChI=1S/C20H23F2N3O/c1-15-4-2-3-5-16(15)13-24-8-10-25(11-9-24)14-20(26)23-19-7-6-17(21)12-18(19)22/h2-7,12H,8-11,13-14H2,1H3,(H,23,26). The van der Waals surface area contributed by atoms with E-state index in [1.165, 1.54) is 17.2 Å². The maximum absolute atomic E-state index is 13.6. The zero-order valence-electron chi connectivity index (χ0n) is 14.8. The minimum atomic E-state index is -0.763. The number of benzene rings is 2. The number of carbonyl (C=O) groups is 1. The van der Waals surface area contributed by atoms with Gasteiger partial charge in [0.15, 0.2) is 0 Å². The van der Waals surface area contributed by atoms with Crippen molar-refractivity contribution in [2.24, 2.45) is 0 Å². The maximum Gasteiger partial charge on any atom is 0.238 e. The topological polar surface area (TPSA) is 35.6 Å². The zero-order chi connectivity index (χ0) is 18.5. The van der Waals surface area contributed by atoms with E-state index >= 15 is 0 Å². The second-order valence-corrected chi connectivity index (χ2v) is 6.65. The molecule has 26 heavy (non-hydrogen) atoms. The fourth-order valence-electron chi connectivity index (χ4n) is 3.12. The van der Waals surface area contributed by atoms with Crippen LogP contribution in [0.4, 0.5) is 14.5 Å². The van der Waals surface area contributed by atoms with Crippen molar-refractivity contribution in [1.82, 2.24) is 9.80 Å². The first-order valence-corrected chi connectivity index (χ1v) is 8.75. The van der Waals surface area contributed by atoms with Gasteiger partial charge in [-0.2, -0.15) is 0 Å². The Morgan fingerprint density at radius 3 is 2.42 bits per heavy atom. The summed E-state index contributed by atoms with van der Waals surface area (Å²) in [4.78, 5) is 16.5. The molecule has 0 spiro atoms. The van der Waals surface area contributed by atoms with Gasteiger partial charge in [-0.1, -0.05) is 24.3 Å². The average Bonchev–Trinajstić information content (AvgIpc) is 2.61. The fraction of sp³-hybridized carbons (Fsp3) is 0.350. The smallest absolute Gasteiger partial charge is 0.238 e. The van der Waals surface area contributed by atoms with Crippen molar-refractivity contribution in [3.63, 3.8) is 0 Å². The molecule has 0 atom stereocenters. The lowest BCUT2D eigenvalue weighted by atomic mass is 10.1. The van der Waals surface area contributed by atoms with Crippen LogP contribution in [0.15, 0.2) is 42.5 Å². The van der Waals surface area contributed by atoms with Crippen LogP contribution in [0.3, 0.4) is 0 Å². The second kappa shape index (κ2) is 8.38. The molecule has 1 saturated heterocycles. The highest BCUT2D eigenvalue weighted by molar-refractivity contribution is 5.92. The van der Waals surface area contributed by atoms with Crippen molar-refractivity contribution < 1.29 is 13.6 Å². The van der Waals surface area contributed by atoms with E-state index in [-0.39, 0.29) is 18.1 Å². The third kappa shape index (κ3) is 4.86. The lowest BCUT2D eigenvalue weighted by molar-refractivity contribution is -0.117. The molecule has 1 aliphatic rings. The highest BCUT2D eigenvalue weighted by atomic mass is 19.1. The number of hydrogen-bond donors (Lipinski definition) is 1. The molecule has 0 aromatic heterocycles. The molecule has 3 rings (SSSR count). The minimum absolute atomic E-state index is 0.00888. The molecule has 0 unspecified atom stereocenters. The van der Waals surface area contributed by atoms with Crippen LogP contribution in [0.1, 0.15) is 11.1 Å². The number of aryl methyl sites for hydroxylation is 1. The van der Waals surface area contributed by atoms with E-state index in [9.17, 15) is 13.6 Å². The van der Waals surface area contributed by atoms with Gasteiger partial charge in [-0.25, -0.2) is 8.78 Å². The lowest BCUT2D eigenvalue weighted by Gasteiger charge is -2.34. The van der Waals surface area contributed by atoms with Gasteiger partial charge in [0.1, 0.15) is 11.6 Å². The summed E-state index contributed by atoms with van der Waals surface area (Å²) in [5.74, 6) is -1.71. The van der Waals surface area contributed by atoms with E-state index in [1.807, 2.05) is 11.0 Å². The molecule has 0 aliphatic carbocycles. The van der Waals surface area contributed by atoms with E-state index in [0.717, 1.165) is 44.9 Å². The molecule has 0 saturated carbocycles. The van der Waals surface area contributed by atoms with E-state index < -0.39 is 11.6 Å². The van der Waals surface area contributed by atoms with Crippen LogP contribution in [0.2, 0.25) is 0 Å². The van der Waals surface area contributed by atoms with E-state index in [4.69, 9.17) is 0 Å². The Balaban J connectivity index is 1.46. The van der Waals surface area contributed by atoms with Gasteiger partial charge in [0.25, 0.3) is 0 Å². The molecule has 1 N–H and O–H groups in total. The number of amides is 1. The van der Waals surface area contributed by atoms with Crippen LogP contribution in [-0.2, 0) is 11.3 Å². The van der Waals surface area contributed by atoms with Gasteiger partial charge >= 0.3 is 0 Å². The van der Waals surface area contributed by atoms with Crippen molar-refractivity contribution in [1.29, 1.82) is 0 Å². The third-order valence-corrected chi connectivity index (χ3v) is 4.69. The summed E-state index contributed by atoms with van der Waals surface area (Å²) in [5, 5.41) is 2.51. The summed E-state index contributed by atoms with van der Waals surface area (Å²) in [7, 11) is 0. The maximum atomic E-state index is 13.6. The Morgan fingerprint density at radius 1 is 1.04 bits per heavy atom. The van der Waals surface area contributed by atoms with Gasteiger partial charge in [0, 0.05) is 38.8 Å². The third-order valence-electron chi connectivity index (χ3n) is 4.69. The number of piperazine rings is 1. The summed E-state index contributed by atoms with van der Waals surface area (Å²) >= 11 is 0. The predicted octanol–water partition coefficient (Wildman–Crippen LogP) is 3.03. The highest BCUT2D eigenvalue weighted by Crippen LogP contribution is 2.15. The largest absolute Gasteiger partial charge is 0.322 e. The molecule has 1 amide bonds. The first kappa shape index (κ1) is 18.5. The van der Waals surface area contributed by atoms with Crippen LogP contribution in [0.25, 0.3) is 0 Å². The van der Waals surface area contributed by atoms with Crippen LogP contribution >= 0.6 is 0 Å². The molecule has 1 aliphatic heterocycles. The van der Waals surface area contributed by atoms with E-state index in [1.54, 1.807) is 0 Å². The number of halogens is 2. The van der Waals surface area contributed by atoms with Crippen molar-refractivity contribution in [3.05, 3.63) is 65.2 Å². The van der Waals surface area contributed by atoms with Crippen LogP contribution in [0, 0.1) is 18.6 Å². The first-order chi connectivity index (χ1) is 12.5. The van der Waals surface area contributed by atoms with Gasteiger partial charge in [-0.3, -0.25) is 14.6 Å². The quantitative estimate of drug-likeness (QED) is 0.891. The minimum Gasteiger partial charge on any atom is -0.322 e. The number of hydrogen-bond acceptors (Lipinski definition) is 3. The van der Waals surface area contributed by atoms with Gasteiger partial charge < -0.3 is 5.32 Å². The monoisotopic (exact) mass is 359 g/mol. The van der Waals surface area contributed by atoms with E-state index in [2.05, 4.69) is 35.3 Å². The Morgan fingerprint density at radius 2 is 1.73 bits per heavy atom. The molecule has 6 heteroatoms. The molecule has 2 aromatic rings. The molecule has 0 bridgehead atoms. The summed E-state index contributed by atoms with van der Waals surface area (Å²) in [6.07, 6.45) is 0. The van der Waals surface area contributed by atoms with Crippen LogP contribution in [0.5, 0.6) is 0 Å². The SMILES string of the molecule is Cc1ccccc1CN1CCN(CC(=O)Nc2ccc(F)cc2F)CC1. The van der Waals surface area contributed by atoms with Crippen molar-refractivity contribution >= 4 is 11.6 Å². The number of rotatable bonds is 5. The Kier molecular flexibility index (Phi) is 5.96. The molecule has 0 radical (unpaired) electrons. The fourth-order valence-corrected chi connectivity index (χ4v) is 3.12. The average molecular weight is 359 g/mol. The summed E-state index contributed by atoms with van der Waals surface area (Å²) in [6, 6.07) is 11.5. The van der Waals surface area contributed by atoms with Gasteiger partial charge in [-0.05, 0) is 30.2 Å². The number of carbonyl (C=O) groups excluding carboxylic acids is 1. The lowest BCUT2D eigenvalue weighted by Crippen LogP contribution is -2.48. The van der Waals surface area contributed by atoms with Crippen molar-refractivity contribution in [2.45, 2.75) is 13.5 Å². The Labute approximate surface area is 152 Å². The molecule has 138 valence electrons. The number of nitrogens with zero attached hydrogens (tertiary/aromatic N) is 2. The number of anilines is 1.